The number of unbranched alkanes of at least 4 members (excludes halogenated alkanes) is 12. The monoisotopic (exact) mass is 350 g/mol. The first-order valence-electron chi connectivity index (χ1n) is 10.2. The Morgan fingerprint density at radius 3 is 1.24 bits per heavy atom. The molecule has 25 heavy (non-hydrogen) atoms. The molecule has 0 spiro atoms. The Morgan fingerprint density at radius 1 is 0.560 bits per heavy atom. The summed E-state index contributed by atoms with van der Waals surface area (Å²) >= 11 is 0. The lowest BCUT2D eigenvalue weighted by Gasteiger charge is -2.04. The fourth-order valence-electron chi connectivity index (χ4n) is 2.76. The molecule has 0 aromatic heterocycles. The van der Waals surface area contributed by atoms with Gasteiger partial charge in [0.15, 0.2) is 0 Å². The first kappa shape index (κ1) is 23.6. The lowest BCUT2D eigenvalue weighted by atomic mass is 10.1. The highest BCUT2D eigenvalue weighted by atomic mass is 16.6. The van der Waals surface area contributed by atoms with Crippen molar-refractivity contribution in [3.8, 4) is 0 Å². The van der Waals surface area contributed by atoms with E-state index in [1.54, 1.807) is 0 Å². The van der Waals surface area contributed by atoms with Gasteiger partial charge in [-0.25, -0.2) is 0 Å². The van der Waals surface area contributed by atoms with Crippen LogP contribution in [0.5, 0.6) is 0 Å². The van der Waals surface area contributed by atoms with Crippen molar-refractivity contribution < 1.29 is 14.3 Å². The van der Waals surface area contributed by atoms with Crippen LogP contribution in [-0.4, -0.2) is 11.9 Å². The van der Waals surface area contributed by atoms with Gasteiger partial charge in [0.1, 0.15) is 0 Å². The molecule has 0 aliphatic carbocycles. The normalized spacial score (nSPS) is 10.4. The molecule has 0 unspecified atom stereocenters. The molecule has 0 aromatic rings. The second kappa shape index (κ2) is 19.0. The Kier molecular flexibility index (Phi) is 17.9. The molecule has 3 heteroatoms. The summed E-state index contributed by atoms with van der Waals surface area (Å²) in [7, 11) is 0. The van der Waals surface area contributed by atoms with Crippen molar-refractivity contribution in [2.24, 2.45) is 0 Å². The summed E-state index contributed by atoms with van der Waals surface area (Å²) in [4.78, 5) is 23.2. The lowest BCUT2D eigenvalue weighted by Crippen LogP contribution is -2.11. The van der Waals surface area contributed by atoms with Crippen LogP contribution in [0.25, 0.3) is 0 Å². The quantitative estimate of drug-likeness (QED) is 0.120. The highest BCUT2D eigenvalue weighted by molar-refractivity contribution is 5.85. The molecule has 0 saturated heterocycles. The summed E-state index contributed by atoms with van der Waals surface area (Å²) in [6.45, 7) is 7.42. The smallest absolute Gasteiger partial charge is 0.313 e. The Morgan fingerprint density at radius 2 is 0.880 bits per heavy atom. The van der Waals surface area contributed by atoms with E-state index in [2.05, 4.69) is 13.2 Å². The van der Waals surface area contributed by atoms with Crippen molar-refractivity contribution in [3.05, 3.63) is 25.3 Å². The molecular formula is C22H38O3. The average Bonchev–Trinajstić information content (AvgIpc) is 2.59. The number of ether oxygens (including phenoxy) is 1. The molecule has 0 amide bonds. The van der Waals surface area contributed by atoms with Gasteiger partial charge >= 0.3 is 11.9 Å². The molecule has 0 aliphatic heterocycles. The summed E-state index contributed by atoms with van der Waals surface area (Å²) in [5, 5.41) is 0. The fourth-order valence-corrected chi connectivity index (χ4v) is 2.76. The first-order chi connectivity index (χ1) is 12.2. The zero-order chi connectivity index (χ0) is 18.6. The predicted molar refractivity (Wildman–Crippen MR) is 105 cm³/mol. The molecular weight excluding hydrogens is 312 g/mol. The largest absolute Gasteiger partial charge is 0.393 e. The molecule has 0 aliphatic rings. The minimum absolute atomic E-state index is 0.360. The zero-order valence-electron chi connectivity index (χ0n) is 16.1. The molecule has 0 N–H and O–H groups in total. The van der Waals surface area contributed by atoms with E-state index in [0.29, 0.717) is 12.8 Å². The minimum Gasteiger partial charge on any atom is -0.393 e. The van der Waals surface area contributed by atoms with E-state index in [1.165, 1.54) is 38.5 Å². The van der Waals surface area contributed by atoms with Crippen LogP contribution < -0.4 is 0 Å². The summed E-state index contributed by atoms with van der Waals surface area (Å²) in [5.41, 5.74) is 0. The summed E-state index contributed by atoms with van der Waals surface area (Å²) < 4.78 is 4.87. The zero-order valence-corrected chi connectivity index (χ0v) is 16.1. The second-order valence-electron chi connectivity index (χ2n) is 6.74. The second-order valence-corrected chi connectivity index (χ2v) is 6.74. The molecule has 0 heterocycles. The van der Waals surface area contributed by atoms with Crippen LogP contribution >= 0.6 is 0 Å². The van der Waals surface area contributed by atoms with Gasteiger partial charge in [-0.1, -0.05) is 63.5 Å². The Bertz CT molecular complexity index is 326. The number of carbonyl (C=O) groups excluding carboxylic acids is 2. The van der Waals surface area contributed by atoms with Gasteiger partial charge in [0.05, 0.1) is 0 Å². The van der Waals surface area contributed by atoms with Crippen LogP contribution in [-0.2, 0) is 14.3 Å². The lowest BCUT2D eigenvalue weighted by molar-refractivity contribution is -0.159. The number of allylic oxidation sites excluding steroid dienone is 2. The van der Waals surface area contributed by atoms with Crippen LogP contribution in [0.2, 0.25) is 0 Å². The van der Waals surface area contributed by atoms with E-state index >= 15 is 0 Å². The van der Waals surface area contributed by atoms with Crippen molar-refractivity contribution in [2.45, 2.75) is 103 Å². The maximum absolute atomic E-state index is 11.6. The molecule has 0 aromatic carbocycles. The third-order valence-corrected chi connectivity index (χ3v) is 4.31. The van der Waals surface area contributed by atoms with Crippen LogP contribution in [0.3, 0.4) is 0 Å². The van der Waals surface area contributed by atoms with Crippen molar-refractivity contribution in [2.75, 3.05) is 0 Å². The Hall–Kier alpha value is -1.38. The van der Waals surface area contributed by atoms with Crippen LogP contribution in [0.15, 0.2) is 25.3 Å². The topological polar surface area (TPSA) is 43.4 Å². The minimum atomic E-state index is -0.360. The van der Waals surface area contributed by atoms with Crippen LogP contribution in [0.4, 0.5) is 0 Å². The highest BCUT2D eigenvalue weighted by Gasteiger charge is 2.09. The molecule has 144 valence electrons. The van der Waals surface area contributed by atoms with Gasteiger partial charge in [-0.3, -0.25) is 9.59 Å². The van der Waals surface area contributed by atoms with E-state index in [0.717, 1.165) is 51.4 Å². The van der Waals surface area contributed by atoms with Crippen LogP contribution in [0, 0.1) is 0 Å². The molecule has 0 fully saturated rings. The fraction of sp³-hybridized carbons (Fsp3) is 0.727. The van der Waals surface area contributed by atoms with Crippen molar-refractivity contribution in [1.82, 2.24) is 0 Å². The number of carbonyl (C=O) groups is 2. The summed E-state index contributed by atoms with van der Waals surface area (Å²) in [6.07, 6.45) is 20.1. The third kappa shape index (κ3) is 18.8. The number of rotatable bonds is 18. The molecule has 3 nitrogen and oxygen atoms in total. The third-order valence-electron chi connectivity index (χ3n) is 4.31. The molecule has 0 atom stereocenters. The van der Waals surface area contributed by atoms with E-state index < -0.39 is 0 Å². The van der Waals surface area contributed by atoms with Gasteiger partial charge in [0.25, 0.3) is 0 Å². The number of hydrogen-bond donors (Lipinski definition) is 0. The average molecular weight is 351 g/mol. The molecule has 0 bridgehead atoms. The van der Waals surface area contributed by atoms with E-state index in [-0.39, 0.29) is 11.9 Å². The Balaban J connectivity index is 3.37. The van der Waals surface area contributed by atoms with Gasteiger partial charge in [-0.15, -0.1) is 13.2 Å². The van der Waals surface area contributed by atoms with Crippen molar-refractivity contribution in [1.29, 1.82) is 0 Å². The summed E-state index contributed by atoms with van der Waals surface area (Å²) in [6, 6.07) is 0. The molecule has 0 saturated carbocycles. The summed E-state index contributed by atoms with van der Waals surface area (Å²) in [5.74, 6) is -0.720. The van der Waals surface area contributed by atoms with Gasteiger partial charge in [-0.2, -0.15) is 0 Å². The van der Waals surface area contributed by atoms with Gasteiger partial charge in [-0.05, 0) is 38.5 Å². The molecule has 0 rings (SSSR count). The van der Waals surface area contributed by atoms with Crippen molar-refractivity contribution in [3.63, 3.8) is 0 Å². The highest BCUT2D eigenvalue weighted by Crippen LogP contribution is 2.11. The maximum atomic E-state index is 11.6. The predicted octanol–water partition coefficient (Wildman–Crippen LogP) is 6.67. The number of hydrogen-bond acceptors (Lipinski definition) is 3. The Labute approximate surface area is 154 Å². The molecule has 0 radical (unpaired) electrons. The van der Waals surface area contributed by atoms with Gasteiger partial charge < -0.3 is 4.74 Å². The van der Waals surface area contributed by atoms with E-state index in [4.69, 9.17) is 4.74 Å². The van der Waals surface area contributed by atoms with Gasteiger partial charge in [0.2, 0.25) is 0 Å². The van der Waals surface area contributed by atoms with Gasteiger partial charge in [0, 0.05) is 12.8 Å². The maximum Gasteiger partial charge on any atom is 0.313 e. The van der Waals surface area contributed by atoms with Crippen LogP contribution in [0.1, 0.15) is 103 Å². The van der Waals surface area contributed by atoms with E-state index in [1.807, 2.05) is 12.2 Å². The van der Waals surface area contributed by atoms with Crippen molar-refractivity contribution >= 4 is 11.9 Å². The SMILES string of the molecule is C=CCCCCCCCCC(=O)OC(=O)CCCCCCCCC=C. The number of esters is 2. The standard InChI is InChI=1S/C22H38O3/c1-3-5-7-9-11-13-15-17-19-21(23)25-22(24)20-18-16-14-12-10-8-6-4-2/h3-4H,1-2,5-20H2. The van der Waals surface area contributed by atoms with E-state index in [9.17, 15) is 9.59 Å². The first-order valence-corrected chi connectivity index (χ1v) is 10.2.